The van der Waals surface area contributed by atoms with Crippen LogP contribution in [0.25, 0.3) is 5.76 Å². The standard InChI is InChI=1S/C23H21N3O4S/c1-2-3-12-30-17-6-4-5-16(14-17)19-18(20(27)15-7-9-24-10-8-15)21(28)22(29)26(19)23-25-11-13-31-23/h4-11,13-14,19,27H,2-3,12H2,1H3. The molecule has 0 spiro atoms. The summed E-state index contributed by atoms with van der Waals surface area (Å²) in [5.74, 6) is -1.10. The number of carbonyl (C=O) groups excluding carboxylic acids is 2. The molecule has 2 aromatic heterocycles. The van der Waals surface area contributed by atoms with Gasteiger partial charge in [0.1, 0.15) is 11.5 Å². The SMILES string of the molecule is CCCCOc1cccc(C2C(=C(O)c3ccncc3)C(=O)C(=O)N2c2nccs2)c1. The number of thiazole rings is 1. The molecule has 1 unspecified atom stereocenters. The minimum absolute atomic E-state index is 0.0112. The molecule has 1 N–H and O–H groups in total. The van der Waals surface area contributed by atoms with Crippen molar-refractivity contribution in [2.75, 3.05) is 11.5 Å². The zero-order chi connectivity index (χ0) is 21.8. The van der Waals surface area contributed by atoms with E-state index in [2.05, 4.69) is 16.9 Å². The maximum atomic E-state index is 13.0. The largest absolute Gasteiger partial charge is 0.507 e. The Bertz CT molecular complexity index is 1110. The van der Waals surface area contributed by atoms with Gasteiger partial charge in [0.2, 0.25) is 0 Å². The molecule has 8 heteroatoms. The molecule has 0 bridgehead atoms. The smallest absolute Gasteiger partial charge is 0.301 e. The van der Waals surface area contributed by atoms with Crippen LogP contribution in [-0.2, 0) is 9.59 Å². The maximum absolute atomic E-state index is 13.0. The monoisotopic (exact) mass is 435 g/mol. The van der Waals surface area contributed by atoms with Gasteiger partial charge >= 0.3 is 5.91 Å². The number of anilines is 1. The van der Waals surface area contributed by atoms with Crippen molar-refractivity contribution in [2.45, 2.75) is 25.8 Å². The fourth-order valence-corrected chi connectivity index (χ4v) is 4.12. The number of rotatable bonds is 7. The molecule has 7 nitrogen and oxygen atoms in total. The van der Waals surface area contributed by atoms with Crippen molar-refractivity contribution in [3.05, 3.63) is 77.1 Å². The Labute approximate surface area is 183 Å². The van der Waals surface area contributed by atoms with Crippen LogP contribution in [0.15, 0.2) is 65.9 Å². The van der Waals surface area contributed by atoms with Crippen LogP contribution < -0.4 is 9.64 Å². The molecule has 0 aliphatic carbocycles. The van der Waals surface area contributed by atoms with Gasteiger partial charge < -0.3 is 9.84 Å². The van der Waals surface area contributed by atoms with E-state index < -0.39 is 17.7 Å². The number of aromatic nitrogens is 2. The maximum Gasteiger partial charge on any atom is 0.301 e. The lowest BCUT2D eigenvalue weighted by Gasteiger charge is -2.23. The second-order valence-electron chi connectivity index (χ2n) is 6.99. The van der Waals surface area contributed by atoms with Crippen LogP contribution in [0.3, 0.4) is 0 Å². The lowest BCUT2D eigenvalue weighted by atomic mass is 9.95. The fraction of sp³-hybridized carbons (Fsp3) is 0.217. The summed E-state index contributed by atoms with van der Waals surface area (Å²) in [4.78, 5) is 35.5. The van der Waals surface area contributed by atoms with Crippen LogP contribution >= 0.6 is 11.3 Å². The molecule has 158 valence electrons. The van der Waals surface area contributed by atoms with E-state index in [4.69, 9.17) is 4.74 Å². The first-order valence-electron chi connectivity index (χ1n) is 9.95. The highest BCUT2D eigenvalue weighted by atomic mass is 32.1. The van der Waals surface area contributed by atoms with Gasteiger partial charge in [-0.15, -0.1) is 11.3 Å². The van der Waals surface area contributed by atoms with Gasteiger partial charge in [0.25, 0.3) is 5.78 Å². The molecule has 4 rings (SSSR count). The number of hydrogen-bond acceptors (Lipinski definition) is 7. The van der Waals surface area contributed by atoms with Crippen LogP contribution in [-0.4, -0.2) is 33.4 Å². The van der Waals surface area contributed by atoms with Gasteiger partial charge in [-0.05, 0) is 36.2 Å². The van der Waals surface area contributed by atoms with Crippen molar-refractivity contribution < 1.29 is 19.4 Å². The van der Waals surface area contributed by atoms with Crippen molar-refractivity contribution in [3.8, 4) is 5.75 Å². The number of ketones is 1. The molecule has 0 radical (unpaired) electrons. The molecule has 31 heavy (non-hydrogen) atoms. The molecule has 1 aliphatic heterocycles. The van der Waals surface area contributed by atoms with E-state index in [0.717, 1.165) is 12.8 Å². The lowest BCUT2D eigenvalue weighted by molar-refractivity contribution is -0.132. The van der Waals surface area contributed by atoms with Crippen LogP contribution in [0.2, 0.25) is 0 Å². The number of amides is 1. The highest BCUT2D eigenvalue weighted by Gasteiger charge is 2.48. The number of unbranched alkanes of at least 4 members (excludes halogenated alkanes) is 1. The third kappa shape index (κ3) is 4.06. The second kappa shape index (κ2) is 9.09. The van der Waals surface area contributed by atoms with E-state index in [1.54, 1.807) is 29.8 Å². The van der Waals surface area contributed by atoms with Crippen LogP contribution in [0.1, 0.15) is 36.9 Å². The number of Topliss-reactive ketones (excluding diaryl/α,β-unsaturated/α-hetero) is 1. The molecule has 1 amide bonds. The molecule has 3 aromatic rings. The number of nitrogens with zero attached hydrogens (tertiary/aromatic N) is 3. The summed E-state index contributed by atoms with van der Waals surface area (Å²) < 4.78 is 5.82. The second-order valence-corrected chi connectivity index (χ2v) is 7.87. The Morgan fingerprint density at radius 3 is 2.71 bits per heavy atom. The van der Waals surface area contributed by atoms with Crippen molar-refractivity contribution in [2.24, 2.45) is 0 Å². The summed E-state index contributed by atoms with van der Waals surface area (Å²) in [5, 5.41) is 13.1. The average Bonchev–Trinajstić information content (AvgIpc) is 3.41. The van der Waals surface area contributed by atoms with Crippen molar-refractivity contribution in [1.29, 1.82) is 0 Å². The molecule has 0 saturated carbocycles. The van der Waals surface area contributed by atoms with E-state index in [1.165, 1.54) is 28.6 Å². The van der Waals surface area contributed by atoms with Gasteiger partial charge in [-0.3, -0.25) is 19.5 Å². The first-order chi connectivity index (χ1) is 15.1. The normalized spacial score (nSPS) is 17.8. The third-order valence-corrected chi connectivity index (χ3v) is 5.73. The highest BCUT2D eigenvalue weighted by molar-refractivity contribution is 7.14. The molecule has 1 saturated heterocycles. The number of aliphatic hydroxyl groups excluding tert-OH is 1. The van der Waals surface area contributed by atoms with Crippen molar-refractivity contribution in [3.63, 3.8) is 0 Å². The molecule has 1 aliphatic rings. The van der Waals surface area contributed by atoms with Crippen LogP contribution in [0, 0.1) is 0 Å². The average molecular weight is 436 g/mol. The Hall–Kier alpha value is -3.52. The summed E-state index contributed by atoms with van der Waals surface area (Å²) >= 11 is 1.25. The van der Waals surface area contributed by atoms with E-state index in [-0.39, 0.29) is 11.3 Å². The van der Waals surface area contributed by atoms with Gasteiger partial charge in [0.15, 0.2) is 5.13 Å². The van der Waals surface area contributed by atoms with Gasteiger partial charge in [0, 0.05) is 29.5 Å². The van der Waals surface area contributed by atoms with Crippen LogP contribution in [0.5, 0.6) is 5.75 Å². The minimum Gasteiger partial charge on any atom is -0.507 e. The number of benzene rings is 1. The van der Waals surface area contributed by atoms with E-state index in [1.807, 2.05) is 18.2 Å². The van der Waals surface area contributed by atoms with Gasteiger partial charge in [-0.25, -0.2) is 4.98 Å². The molecular weight excluding hydrogens is 414 g/mol. The quantitative estimate of drug-likeness (QED) is 0.257. The zero-order valence-electron chi connectivity index (χ0n) is 16.9. The summed E-state index contributed by atoms with van der Waals surface area (Å²) in [7, 11) is 0. The first kappa shape index (κ1) is 20.7. The predicted molar refractivity (Wildman–Crippen MR) is 118 cm³/mol. The number of ether oxygens (including phenoxy) is 1. The first-order valence-corrected chi connectivity index (χ1v) is 10.8. The molecule has 1 fully saturated rings. The molecule has 3 heterocycles. The molecular formula is C23H21N3O4S. The van der Waals surface area contributed by atoms with Gasteiger partial charge in [-0.2, -0.15) is 0 Å². The number of carbonyl (C=O) groups is 2. The van der Waals surface area contributed by atoms with E-state index >= 15 is 0 Å². The Morgan fingerprint density at radius 2 is 2.00 bits per heavy atom. The molecule has 1 atom stereocenters. The summed E-state index contributed by atoms with van der Waals surface area (Å²) in [6.07, 6.45) is 6.54. The van der Waals surface area contributed by atoms with Crippen molar-refractivity contribution in [1.82, 2.24) is 9.97 Å². The highest BCUT2D eigenvalue weighted by Crippen LogP contribution is 2.43. The summed E-state index contributed by atoms with van der Waals surface area (Å²) in [6.45, 7) is 2.66. The Morgan fingerprint density at radius 1 is 1.19 bits per heavy atom. The number of hydrogen-bond donors (Lipinski definition) is 1. The third-order valence-electron chi connectivity index (χ3n) is 4.96. The van der Waals surface area contributed by atoms with E-state index in [9.17, 15) is 14.7 Å². The lowest BCUT2D eigenvalue weighted by Crippen LogP contribution is -2.29. The number of pyridine rings is 1. The summed E-state index contributed by atoms with van der Waals surface area (Å²) in [6, 6.07) is 9.61. The van der Waals surface area contributed by atoms with Gasteiger partial charge in [-0.1, -0.05) is 25.5 Å². The Balaban J connectivity index is 1.84. The zero-order valence-corrected chi connectivity index (χ0v) is 17.7. The minimum atomic E-state index is -0.825. The fourth-order valence-electron chi connectivity index (χ4n) is 3.45. The Kier molecular flexibility index (Phi) is 6.08. The van der Waals surface area contributed by atoms with Crippen LogP contribution in [0.4, 0.5) is 5.13 Å². The topological polar surface area (TPSA) is 92.6 Å². The molecule has 1 aromatic carbocycles. The van der Waals surface area contributed by atoms with Gasteiger partial charge in [0.05, 0.1) is 18.2 Å². The summed E-state index contributed by atoms with van der Waals surface area (Å²) in [5.41, 5.74) is 1.07. The number of aliphatic hydroxyl groups is 1. The predicted octanol–water partition coefficient (Wildman–Crippen LogP) is 4.34. The van der Waals surface area contributed by atoms with Crippen molar-refractivity contribution >= 4 is 33.9 Å². The van der Waals surface area contributed by atoms with E-state index in [0.29, 0.717) is 28.6 Å².